The van der Waals surface area contributed by atoms with Crippen molar-refractivity contribution in [1.82, 2.24) is 10.2 Å². The highest BCUT2D eigenvalue weighted by Crippen LogP contribution is 2.44. The van der Waals surface area contributed by atoms with Crippen molar-refractivity contribution < 1.29 is 14.3 Å². The van der Waals surface area contributed by atoms with E-state index in [1.54, 1.807) is 0 Å². The third kappa shape index (κ3) is 3.89. The predicted octanol–water partition coefficient (Wildman–Crippen LogP) is 2.16. The maximum absolute atomic E-state index is 12.5. The molecule has 1 N–H and O–H groups in total. The van der Waals surface area contributed by atoms with Crippen molar-refractivity contribution in [3.63, 3.8) is 0 Å². The molecule has 3 rings (SSSR count). The van der Waals surface area contributed by atoms with Crippen LogP contribution in [0.4, 0.5) is 0 Å². The van der Waals surface area contributed by atoms with E-state index in [1.807, 2.05) is 0 Å². The fourth-order valence-corrected chi connectivity index (χ4v) is 4.66. The van der Waals surface area contributed by atoms with Gasteiger partial charge in [-0.1, -0.05) is 19.8 Å². The largest absolute Gasteiger partial charge is 0.356 e. The first-order chi connectivity index (χ1) is 11.1. The van der Waals surface area contributed by atoms with Crippen LogP contribution in [0.15, 0.2) is 0 Å². The molecule has 1 amide bonds. The zero-order valence-corrected chi connectivity index (χ0v) is 14.7. The zero-order valence-electron chi connectivity index (χ0n) is 14.7. The molecule has 0 aromatic heterocycles. The number of unbranched alkanes of at least 4 members (excludes halogenated alkanes) is 2. The molecule has 2 saturated heterocycles. The zero-order chi connectivity index (χ0) is 16.3. The van der Waals surface area contributed by atoms with Gasteiger partial charge in [-0.2, -0.15) is 0 Å². The Morgan fingerprint density at radius 1 is 1.30 bits per heavy atom. The standard InChI is InChI=1S/C18H32N2O3/c1-3-4-5-8-19-17(21)15-11-14-12-18(22-9-10-23-18)7-6-16(14)20(2)13-15/h14-16H,3-13H2,1-2H3,(H,19,21)/t14-,15-,16-/m1/s1. The molecule has 132 valence electrons. The Morgan fingerprint density at radius 2 is 2.09 bits per heavy atom. The Kier molecular flexibility index (Phi) is 5.60. The molecule has 0 aromatic carbocycles. The number of carbonyl (C=O) groups excluding carboxylic acids is 1. The predicted molar refractivity (Wildman–Crippen MR) is 89.0 cm³/mol. The molecule has 3 aliphatic rings. The molecule has 5 heteroatoms. The van der Waals surface area contributed by atoms with Crippen molar-refractivity contribution in [1.29, 1.82) is 0 Å². The Bertz CT molecular complexity index is 409. The number of ether oxygens (including phenoxy) is 2. The Hall–Kier alpha value is -0.650. The highest BCUT2D eigenvalue weighted by atomic mass is 16.7. The summed E-state index contributed by atoms with van der Waals surface area (Å²) in [4.78, 5) is 14.9. The number of nitrogens with zero attached hydrogens (tertiary/aromatic N) is 1. The van der Waals surface area contributed by atoms with Gasteiger partial charge in [-0.3, -0.25) is 4.79 Å². The van der Waals surface area contributed by atoms with Gasteiger partial charge >= 0.3 is 0 Å². The molecule has 2 heterocycles. The summed E-state index contributed by atoms with van der Waals surface area (Å²) in [5.41, 5.74) is 0. The van der Waals surface area contributed by atoms with Crippen molar-refractivity contribution in [2.24, 2.45) is 11.8 Å². The lowest BCUT2D eigenvalue weighted by molar-refractivity contribution is -0.202. The summed E-state index contributed by atoms with van der Waals surface area (Å²) in [5.74, 6) is 0.507. The minimum atomic E-state index is -0.346. The molecule has 1 aliphatic carbocycles. The minimum Gasteiger partial charge on any atom is -0.356 e. The van der Waals surface area contributed by atoms with Crippen LogP contribution in [0.3, 0.4) is 0 Å². The maximum Gasteiger partial charge on any atom is 0.224 e. The van der Waals surface area contributed by atoms with Gasteiger partial charge in [0.1, 0.15) is 0 Å². The van der Waals surface area contributed by atoms with Gasteiger partial charge in [0.15, 0.2) is 5.79 Å². The van der Waals surface area contributed by atoms with Crippen LogP contribution >= 0.6 is 0 Å². The molecule has 0 aromatic rings. The summed E-state index contributed by atoms with van der Waals surface area (Å²) in [7, 11) is 2.17. The molecule has 1 spiro atoms. The monoisotopic (exact) mass is 324 g/mol. The van der Waals surface area contributed by atoms with E-state index < -0.39 is 0 Å². The number of fused-ring (bicyclic) bond motifs is 1. The summed E-state index contributed by atoms with van der Waals surface area (Å²) >= 11 is 0. The first-order valence-electron chi connectivity index (χ1n) is 9.39. The number of amides is 1. The van der Waals surface area contributed by atoms with Crippen molar-refractivity contribution in [2.45, 2.75) is 63.7 Å². The lowest BCUT2D eigenvalue weighted by Gasteiger charge is -2.49. The van der Waals surface area contributed by atoms with E-state index in [-0.39, 0.29) is 17.6 Å². The quantitative estimate of drug-likeness (QED) is 0.788. The van der Waals surface area contributed by atoms with E-state index in [1.165, 1.54) is 12.8 Å². The molecule has 0 unspecified atom stereocenters. The molecule has 1 saturated carbocycles. The van der Waals surface area contributed by atoms with Crippen LogP contribution in [-0.2, 0) is 14.3 Å². The topological polar surface area (TPSA) is 50.8 Å². The third-order valence-corrected chi connectivity index (χ3v) is 5.86. The summed E-state index contributed by atoms with van der Waals surface area (Å²) in [6.45, 7) is 5.32. The van der Waals surface area contributed by atoms with Crippen LogP contribution < -0.4 is 5.32 Å². The van der Waals surface area contributed by atoms with Crippen LogP contribution in [0.25, 0.3) is 0 Å². The van der Waals surface area contributed by atoms with Crippen LogP contribution in [0, 0.1) is 11.8 Å². The third-order valence-electron chi connectivity index (χ3n) is 5.86. The van der Waals surface area contributed by atoms with Crippen LogP contribution in [0.5, 0.6) is 0 Å². The van der Waals surface area contributed by atoms with Gasteiger partial charge in [0.05, 0.1) is 19.1 Å². The number of piperidine rings is 1. The van der Waals surface area contributed by atoms with Gasteiger partial charge in [-0.25, -0.2) is 0 Å². The second-order valence-corrected chi connectivity index (χ2v) is 7.55. The fraction of sp³-hybridized carbons (Fsp3) is 0.944. The molecular weight excluding hydrogens is 292 g/mol. The van der Waals surface area contributed by atoms with E-state index in [2.05, 4.69) is 24.2 Å². The van der Waals surface area contributed by atoms with E-state index in [4.69, 9.17) is 9.47 Å². The first kappa shape index (κ1) is 17.2. The normalized spacial score (nSPS) is 33.6. The number of carbonyl (C=O) groups is 1. The lowest BCUT2D eigenvalue weighted by Crippen LogP contribution is -2.55. The van der Waals surface area contributed by atoms with Crippen molar-refractivity contribution in [3.05, 3.63) is 0 Å². The maximum atomic E-state index is 12.5. The minimum absolute atomic E-state index is 0.111. The highest BCUT2D eigenvalue weighted by Gasteiger charge is 2.49. The summed E-state index contributed by atoms with van der Waals surface area (Å²) < 4.78 is 11.8. The first-order valence-corrected chi connectivity index (χ1v) is 9.39. The van der Waals surface area contributed by atoms with Gasteiger partial charge in [0, 0.05) is 32.0 Å². The van der Waals surface area contributed by atoms with Crippen molar-refractivity contribution in [2.75, 3.05) is 33.4 Å². The SMILES string of the molecule is CCCCCNC(=O)[C@@H]1C[C@@H]2CC3(CC[C@H]2N(C)C1)OCCO3. The van der Waals surface area contributed by atoms with E-state index >= 15 is 0 Å². The molecule has 3 fully saturated rings. The summed E-state index contributed by atoms with van der Waals surface area (Å²) in [6, 6.07) is 0.581. The average molecular weight is 324 g/mol. The van der Waals surface area contributed by atoms with E-state index in [0.717, 1.165) is 45.2 Å². The van der Waals surface area contributed by atoms with Gasteiger partial charge in [-0.15, -0.1) is 0 Å². The molecule has 23 heavy (non-hydrogen) atoms. The molecule has 2 aliphatic heterocycles. The summed E-state index contributed by atoms with van der Waals surface area (Å²) in [6.07, 6.45) is 7.49. The molecule has 0 radical (unpaired) electrons. The molecule has 0 bridgehead atoms. The summed E-state index contributed by atoms with van der Waals surface area (Å²) in [5, 5.41) is 3.14. The number of likely N-dealkylation sites (tertiary alicyclic amines) is 1. The van der Waals surface area contributed by atoms with Gasteiger partial charge in [0.25, 0.3) is 0 Å². The van der Waals surface area contributed by atoms with Crippen LogP contribution in [-0.4, -0.2) is 56.0 Å². The van der Waals surface area contributed by atoms with Gasteiger partial charge < -0.3 is 19.7 Å². The average Bonchev–Trinajstić information content (AvgIpc) is 2.98. The van der Waals surface area contributed by atoms with E-state index in [0.29, 0.717) is 25.2 Å². The van der Waals surface area contributed by atoms with Gasteiger partial charge in [-0.05, 0) is 32.2 Å². The molecule has 5 nitrogen and oxygen atoms in total. The Balaban J connectivity index is 1.55. The van der Waals surface area contributed by atoms with E-state index in [9.17, 15) is 4.79 Å². The van der Waals surface area contributed by atoms with Crippen LogP contribution in [0.2, 0.25) is 0 Å². The second-order valence-electron chi connectivity index (χ2n) is 7.55. The van der Waals surface area contributed by atoms with Gasteiger partial charge in [0.2, 0.25) is 5.91 Å². The van der Waals surface area contributed by atoms with Crippen LogP contribution in [0.1, 0.15) is 51.9 Å². The lowest BCUT2D eigenvalue weighted by atomic mass is 9.72. The Labute approximate surface area is 140 Å². The second kappa shape index (κ2) is 7.49. The molecular formula is C18H32N2O3. The number of hydrogen-bond acceptors (Lipinski definition) is 4. The Morgan fingerprint density at radius 3 is 2.83 bits per heavy atom. The smallest absolute Gasteiger partial charge is 0.224 e. The fourth-order valence-electron chi connectivity index (χ4n) is 4.66. The van der Waals surface area contributed by atoms with Crippen molar-refractivity contribution in [3.8, 4) is 0 Å². The molecule has 3 atom stereocenters. The number of rotatable bonds is 5. The number of nitrogens with one attached hydrogen (secondary N) is 1. The highest BCUT2D eigenvalue weighted by molar-refractivity contribution is 5.79. The van der Waals surface area contributed by atoms with Crippen molar-refractivity contribution >= 4 is 5.91 Å². The number of hydrogen-bond donors (Lipinski definition) is 1.